The highest BCUT2D eigenvalue weighted by Gasteiger charge is 2.39. The van der Waals surface area contributed by atoms with Crippen LogP contribution in [0.4, 0.5) is 0 Å². The molecule has 0 aliphatic heterocycles. The van der Waals surface area contributed by atoms with Crippen LogP contribution in [0.2, 0.25) is 13.1 Å². The van der Waals surface area contributed by atoms with E-state index < -0.39 is 16.7 Å². The molecule has 0 aromatic heterocycles. The molecule has 0 saturated carbocycles. The van der Waals surface area contributed by atoms with Crippen LogP contribution >= 0.6 is 0 Å². The predicted octanol–water partition coefficient (Wildman–Crippen LogP) is 1.95. The first kappa shape index (κ1) is 17.3. The number of hydrogen-bond acceptors (Lipinski definition) is 3. The van der Waals surface area contributed by atoms with Crippen LogP contribution < -0.4 is 5.19 Å². The fourth-order valence-electron chi connectivity index (χ4n) is 2.38. The largest absolute Gasteiger partial charge is 0.417 e. The predicted molar refractivity (Wildman–Crippen MR) is 92.8 cm³/mol. The number of benzene rings is 1. The molecule has 3 nitrogen and oxygen atoms in total. The van der Waals surface area contributed by atoms with Gasteiger partial charge in [0.05, 0.1) is 0 Å². The van der Waals surface area contributed by atoms with E-state index >= 15 is 0 Å². The molecule has 0 spiro atoms. The molecule has 1 aromatic carbocycles. The second kappa shape index (κ2) is 6.82. The Morgan fingerprint density at radius 3 is 1.80 bits per heavy atom. The van der Waals surface area contributed by atoms with Gasteiger partial charge < -0.3 is 13.6 Å². The fourth-order valence-corrected chi connectivity index (χ4v) is 8.35. The summed E-state index contributed by atoms with van der Waals surface area (Å²) in [5.74, 6) is 0. The van der Waals surface area contributed by atoms with Crippen molar-refractivity contribution in [2.24, 2.45) is 0 Å². The Labute approximate surface area is 126 Å². The average Bonchev–Trinajstić information content (AvgIpc) is 2.40. The maximum absolute atomic E-state index is 5.67. The summed E-state index contributed by atoms with van der Waals surface area (Å²) < 4.78 is 10.4. The van der Waals surface area contributed by atoms with Crippen LogP contribution in [0.25, 0.3) is 0 Å². The van der Waals surface area contributed by atoms with Crippen molar-refractivity contribution in [2.45, 2.75) is 13.1 Å². The van der Waals surface area contributed by atoms with Gasteiger partial charge in [-0.05, 0) is 46.5 Å². The maximum atomic E-state index is 5.67. The molecular formula is C15H28N2OSi2. The maximum Gasteiger partial charge on any atom is 0.264 e. The van der Waals surface area contributed by atoms with Crippen LogP contribution in [-0.4, -0.2) is 61.1 Å². The fraction of sp³-hybridized carbons (Fsp3) is 0.467. The zero-order chi connectivity index (χ0) is 15.4. The first-order valence-electron chi connectivity index (χ1n) is 6.92. The van der Waals surface area contributed by atoms with Gasteiger partial charge >= 0.3 is 0 Å². The van der Waals surface area contributed by atoms with Gasteiger partial charge in [0.1, 0.15) is 0 Å². The Balaban J connectivity index is 3.35. The molecule has 0 saturated heterocycles. The van der Waals surface area contributed by atoms with Crippen LogP contribution in [0.1, 0.15) is 0 Å². The summed E-state index contributed by atoms with van der Waals surface area (Å²) in [7, 11) is 6.78. The van der Waals surface area contributed by atoms with Crippen molar-refractivity contribution < 1.29 is 4.43 Å². The topological polar surface area (TPSA) is 15.7 Å². The van der Waals surface area contributed by atoms with Crippen LogP contribution in [0.15, 0.2) is 41.7 Å². The van der Waals surface area contributed by atoms with Gasteiger partial charge in [-0.2, -0.15) is 0 Å². The van der Waals surface area contributed by atoms with Crippen molar-refractivity contribution in [3.05, 3.63) is 41.7 Å². The monoisotopic (exact) mass is 308 g/mol. The number of hydrogen-bond donors (Lipinski definition) is 0. The van der Waals surface area contributed by atoms with Gasteiger partial charge in [-0.25, -0.2) is 0 Å². The Morgan fingerprint density at radius 1 is 0.900 bits per heavy atom. The standard InChI is InChI=1S/C15H28N2OSi2/c1-16(2)20(17(3)4,14-13-19(6,7)18-5)15-11-9-8-10-12-15/h8-14H,1-7H3. The average molecular weight is 309 g/mol. The summed E-state index contributed by atoms with van der Waals surface area (Å²) in [6.45, 7) is 4.44. The molecule has 1 rings (SSSR count). The first-order valence-corrected chi connectivity index (χ1v) is 11.9. The van der Waals surface area contributed by atoms with Crippen LogP contribution in [-0.2, 0) is 4.43 Å². The van der Waals surface area contributed by atoms with E-state index in [1.807, 2.05) is 7.11 Å². The zero-order valence-corrected chi connectivity index (χ0v) is 15.8. The summed E-state index contributed by atoms with van der Waals surface area (Å²) in [6, 6.07) is 10.8. The minimum atomic E-state index is -2.01. The van der Waals surface area contributed by atoms with Crippen molar-refractivity contribution >= 4 is 21.9 Å². The lowest BCUT2D eigenvalue weighted by atomic mass is 10.4. The van der Waals surface area contributed by atoms with Crippen molar-refractivity contribution in [2.75, 3.05) is 35.3 Å². The van der Waals surface area contributed by atoms with E-state index in [-0.39, 0.29) is 0 Å². The molecule has 0 bridgehead atoms. The molecule has 0 fully saturated rings. The molecule has 0 N–H and O–H groups in total. The van der Waals surface area contributed by atoms with Gasteiger partial charge in [0.25, 0.3) is 8.40 Å². The summed E-state index contributed by atoms with van der Waals surface area (Å²) in [5.41, 5.74) is 4.74. The second-order valence-electron chi connectivity index (χ2n) is 6.02. The lowest BCUT2D eigenvalue weighted by Gasteiger charge is -2.41. The van der Waals surface area contributed by atoms with Crippen molar-refractivity contribution in [1.29, 1.82) is 0 Å². The van der Waals surface area contributed by atoms with E-state index in [0.29, 0.717) is 0 Å². The van der Waals surface area contributed by atoms with Gasteiger partial charge in [-0.15, -0.1) is 0 Å². The van der Waals surface area contributed by atoms with E-state index in [1.54, 1.807) is 0 Å². The Hall–Kier alpha value is -0.726. The van der Waals surface area contributed by atoms with Gasteiger partial charge in [0, 0.05) is 7.11 Å². The molecule has 0 radical (unpaired) electrons. The summed E-state index contributed by atoms with van der Waals surface area (Å²) in [4.78, 5) is 0. The number of nitrogens with zero attached hydrogens (tertiary/aromatic N) is 2. The highest BCUT2D eigenvalue weighted by molar-refractivity contribution is 6.92. The van der Waals surface area contributed by atoms with Crippen molar-refractivity contribution in [1.82, 2.24) is 9.13 Å². The first-order chi connectivity index (χ1) is 9.26. The normalized spacial score (nSPS) is 13.7. The molecule has 0 aliphatic rings. The zero-order valence-electron chi connectivity index (χ0n) is 13.8. The van der Waals surface area contributed by atoms with E-state index in [2.05, 4.69) is 92.1 Å². The lowest BCUT2D eigenvalue weighted by Crippen LogP contribution is -2.68. The van der Waals surface area contributed by atoms with E-state index in [9.17, 15) is 0 Å². The van der Waals surface area contributed by atoms with E-state index in [1.165, 1.54) is 5.19 Å². The quantitative estimate of drug-likeness (QED) is 0.747. The van der Waals surface area contributed by atoms with Crippen LogP contribution in [0.3, 0.4) is 0 Å². The molecular weight excluding hydrogens is 280 g/mol. The SMILES string of the molecule is CO[Si](C)(C)C=C[Si](c1ccccc1)(N(C)C)N(C)C. The van der Waals surface area contributed by atoms with Crippen LogP contribution in [0.5, 0.6) is 0 Å². The van der Waals surface area contributed by atoms with Gasteiger partial charge in [-0.1, -0.05) is 41.7 Å². The van der Waals surface area contributed by atoms with Crippen molar-refractivity contribution in [3.63, 3.8) is 0 Å². The molecule has 0 heterocycles. The van der Waals surface area contributed by atoms with Crippen LogP contribution in [0, 0.1) is 0 Å². The van der Waals surface area contributed by atoms with Gasteiger partial charge in [0.15, 0.2) is 0 Å². The summed E-state index contributed by atoms with van der Waals surface area (Å²) in [5, 5.41) is 1.40. The highest BCUT2D eigenvalue weighted by Crippen LogP contribution is 2.15. The minimum Gasteiger partial charge on any atom is -0.417 e. The second-order valence-corrected chi connectivity index (χ2v) is 14.1. The van der Waals surface area contributed by atoms with Gasteiger partial charge in [0.2, 0.25) is 8.32 Å². The molecule has 112 valence electrons. The lowest BCUT2D eigenvalue weighted by molar-refractivity contribution is 0.415. The summed E-state index contributed by atoms with van der Waals surface area (Å²) in [6.07, 6.45) is 0. The molecule has 0 amide bonds. The van der Waals surface area contributed by atoms with E-state index in [0.717, 1.165) is 0 Å². The smallest absolute Gasteiger partial charge is 0.264 e. The highest BCUT2D eigenvalue weighted by atomic mass is 28.4. The minimum absolute atomic E-state index is 1.40. The van der Waals surface area contributed by atoms with E-state index in [4.69, 9.17) is 4.43 Å². The third-order valence-corrected chi connectivity index (χ3v) is 10.7. The Kier molecular flexibility index (Phi) is 5.91. The molecule has 20 heavy (non-hydrogen) atoms. The molecule has 0 atom stereocenters. The Morgan fingerprint density at radius 2 is 1.40 bits per heavy atom. The van der Waals surface area contributed by atoms with Crippen molar-refractivity contribution in [3.8, 4) is 0 Å². The number of rotatable bonds is 6. The third kappa shape index (κ3) is 3.68. The Bertz CT molecular complexity index is 436. The molecule has 0 aliphatic carbocycles. The third-order valence-electron chi connectivity index (χ3n) is 3.81. The summed E-state index contributed by atoms with van der Waals surface area (Å²) >= 11 is 0. The molecule has 1 aromatic rings. The molecule has 5 heteroatoms. The van der Waals surface area contributed by atoms with Gasteiger partial charge in [-0.3, -0.25) is 0 Å². The molecule has 0 unspecified atom stereocenters.